The molecule has 1 aliphatic heterocycles. The monoisotopic (exact) mass is 247 g/mol. The van der Waals surface area contributed by atoms with Crippen molar-refractivity contribution in [3.05, 3.63) is 35.9 Å². The molecule has 3 nitrogen and oxygen atoms in total. The van der Waals surface area contributed by atoms with Crippen LogP contribution in [-0.2, 0) is 4.79 Å². The second-order valence-electron chi connectivity index (χ2n) is 4.96. The molecule has 1 atom stereocenters. The minimum Gasteiger partial charge on any atom is -0.480 e. The zero-order chi connectivity index (χ0) is 12.8. The summed E-state index contributed by atoms with van der Waals surface area (Å²) in [7, 11) is 0. The Kier molecular flexibility index (Phi) is 4.76. The van der Waals surface area contributed by atoms with Gasteiger partial charge in [0.15, 0.2) is 0 Å². The van der Waals surface area contributed by atoms with Gasteiger partial charge in [-0.05, 0) is 31.5 Å². The first-order chi connectivity index (χ1) is 8.79. The van der Waals surface area contributed by atoms with Crippen molar-refractivity contribution in [1.29, 1.82) is 0 Å². The zero-order valence-corrected chi connectivity index (χ0v) is 10.7. The van der Waals surface area contributed by atoms with E-state index in [1.165, 1.54) is 19.3 Å². The Balaban J connectivity index is 2.15. The number of carbonyl (C=O) groups is 1. The molecule has 1 aromatic carbocycles. The van der Waals surface area contributed by atoms with Crippen LogP contribution in [0.4, 0.5) is 0 Å². The van der Waals surface area contributed by atoms with Crippen LogP contribution in [0.3, 0.4) is 0 Å². The average Bonchev–Trinajstić information content (AvgIpc) is 2.33. The standard InChI is InChI=1S/C15H21NO2/c17-15(18)14(13-9-5-4-6-10-13)16-11-7-2-1-3-8-12-16/h4-6,9-10,14H,1-3,7-8,11-12H2,(H,17,18). The van der Waals surface area contributed by atoms with E-state index in [1.54, 1.807) is 0 Å². The predicted octanol–water partition coefficient (Wildman–Crippen LogP) is 3.08. The maximum atomic E-state index is 11.6. The van der Waals surface area contributed by atoms with E-state index in [2.05, 4.69) is 4.90 Å². The van der Waals surface area contributed by atoms with Crippen molar-refractivity contribution in [2.45, 2.75) is 38.1 Å². The molecule has 0 radical (unpaired) electrons. The van der Waals surface area contributed by atoms with E-state index in [-0.39, 0.29) is 0 Å². The molecule has 2 rings (SSSR count). The molecule has 1 unspecified atom stereocenters. The Morgan fingerprint density at radius 3 is 2.11 bits per heavy atom. The number of likely N-dealkylation sites (tertiary alicyclic amines) is 1. The molecule has 0 aliphatic carbocycles. The van der Waals surface area contributed by atoms with Crippen LogP contribution >= 0.6 is 0 Å². The number of nitrogens with zero attached hydrogens (tertiary/aromatic N) is 1. The third-order valence-corrected chi connectivity index (χ3v) is 3.61. The molecule has 0 saturated carbocycles. The number of hydrogen-bond acceptors (Lipinski definition) is 2. The van der Waals surface area contributed by atoms with Gasteiger partial charge in [0.2, 0.25) is 0 Å². The fourth-order valence-electron chi connectivity index (χ4n) is 2.68. The van der Waals surface area contributed by atoms with Crippen molar-refractivity contribution >= 4 is 5.97 Å². The lowest BCUT2D eigenvalue weighted by Gasteiger charge is -2.30. The van der Waals surface area contributed by atoms with Gasteiger partial charge < -0.3 is 5.11 Å². The van der Waals surface area contributed by atoms with Crippen molar-refractivity contribution in [3.8, 4) is 0 Å². The minimum absolute atomic E-state index is 0.482. The van der Waals surface area contributed by atoms with E-state index in [0.29, 0.717) is 0 Å². The number of carboxylic acid groups (broad SMARTS) is 1. The summed E-state index contributed by atoms with van der Waals surface area (Å²) in [5, 5.41) is 9.50. The van der Waals surface area contributed by atoms with Gasteiger partial charge in [-0.3, -0.25) is 9.69 Å². The summed E-state index contributed by atoms with van der Waals surface area (Å²) in [4.78, 5) is 13.7. The highest BCUT2D eigenvalue weighted by Crippen LogP contribution is 2.24. The summed E-state index contributed by atoms with van der Waals surface area (Å²) < 4.78 is 0. The van der Waals surface area contributed by atoms with Crippen LogP contribution in [0.25, 0.3) is 0 Å². The predicted molar refractivity (Wildman–Crippen MR) is 71.5 cm³/mol. The van der Waals surface area contributed by atoms with Crippen LogP contribution in [0.5, 0.6) is 0 Å². The third-order valence-electron chi connectivity index (χ3n) is 3.61. The molecule has 0 aromatic heterocycles. The Hall–Kier alpha value is -1.35. The van der Waals surface area contributed by atoms with Crippen LogP contribution in [0.15, 0.2) is 30.3 Å². The Bertz CT molecular complexity index is 369. The molecule has 98 valence electrons. The summed E-state index contributed by atoms with van der Waals surface area (Å²) >= 11 is 0. The van der Waals surface area contributed by atoms with Crippen LogP contribution in [0.1, 0.15) is 43.7 Å². The normalized spacial score (nSPS) is 19.8. The summed E-state index contributed by atoms with van der Waals surface area (Å²) in [5.41, 5.74) is 0.894. The van der Waals surface area contributed by atoms with Crippen LogP contribution in [0, 0.1) is 0 Å². The van der Waals surface area contributed by atoms with E-state index < -0.39 is 12.0 Å². The highest BCUT2D eigenvalue weighted by molar-refractivity contribution is 5.75. The van der Waals surface area contributed by atoms with Gasteiger partial charge in [-0.25, -0.2) is 0 Å². The third kappa shape index (κ3) is 3.33. The Morgan fingerprint density at radius 2 is 1.56 bits per heavy atom. The maximum absolute atomic E-state index is 11.6. The fraction of sp³-hybridized carbons (Fsp3) is 0.533. The molecular formula is C15H21NO2. The minimum atomic E-state index is -0.734. The quantitative estimate of drug-likeness (QED) is 0.892. The van der Waals surface area contributed by atoms with Crippen LogP contribution < -0.4 is 0 Å². The van der Waals surface area contributed by atoms with Gasteiger partial charge in [-0.15, -0.1) is 0 Å². The summed E-state index contributed by atoms with van der Waals surface area (Å²) in [6, 6.07) is 9.10. The average molecular weight is 247 g/mol. The lowest BCUT2D eigenvalue weighted by Crippen LogP contribution is -2.36. The molecule has 0 spiro atoms. The van der Waals surface area contributed by atoms with Crippen molar-refractivity contribution in [3.63, 3.8) is 0 Å². The van der Waals surface area contributed by atoms with E-state index in [1.807, 2.05) is 30.3 Å². The van der Waals surface area contributed by atoms with Gasteiger partial charge >= 0.3 is 5.97 Å². The highest BCUT2D eigenvalue weighted by atomic mass is 16.4. The van der Waals surface area contributed by atoms with Gasteiger partial charge in [-0.2, -0.15) is 0 Å². The first-order valence-corrected chi connectivity index (χ1v) is 6.81. The van der Waals surface area contributed by atoms with Crippen molar-refractivity contribution in [2.75, 3.05) is 13.1 Å². The van der Waals surface area contributed by atoms with Gasteiger partial charge in [-0.1, -0.05) is 49.6 Å². The molecule has 1 aliphatic rings. The van der Waals surface area contributed by atoms with Crippen molar-refractivity contribution in [1.82, 2.24) is 4.90 Å². The lowest BCUT2D eigenvalue weighted by molar-refractivity contribution is -0.143. The van der Waals surface area contributed by atoms with Gasteiger partial charge in [0.25, 0.3) is 0 Å². The zero-order valence-electron chi connectivity index (χ0n) is 10.7. The second-order valence-corrected chi connectivity index (χ2v) is 4.96. The highest BCUT2D eigenvalue weighted by Gasteiger charge is 2.26. The molecule has 1 saturated heterocycles. The van der Waals surface area contributed by atoms with E-state index in [4.69, 9.17) is 0 Å². The lowest BCUT2D eigenvalue weighted by atomic mass is 10.0. The molecule has 1 N–H and O–H groups in total. The Labute approximate surface area is 108 Å². The molecule has 0 amide bonds. The van der Waals surface area contributed by atoms with Crippen LogP contribution in [-0.4, -0.2) is 29.1 Å². The van der Waals surface area contributed by atoms with Gasteiger partial charge in [0.1, 0.15) is 6.04 Å². The van der Waals surface area contributed by atoms with Gasteiger partial charge in [0, 0.05) is 0 Å². The maximum Gasteiger partial charge on any atom is 0.325 e. The van der Waals surface area contributed by atoms with E-state index in [0.717, 1.165) is 31.5 Å². The van der Waals surface area contributed by atoms with E-state index in [9.17, 15) is 9.90 Å². The molecule has 3 heteroatoms. The smallest absolute Gasteiger partial charge is 0.325 e. The number of aliphatic carboxylic acids is 1. The molecule has 18 heavy (non-hydrogen) atoms. The summed E-state index contributed by atoms with van der Waals surface area (Å²) in [6.07, 6.45) is 5.94. The molecular weight excluding hydrogens is 226 g/mol. The molecule has 1 fully saturated rings. The van der Waals surface area contributed by atoms with Crippen molar-refractivity contribution < 1.29 is 9.90 Å². The van der Waals surface area contributed by atoms with Gasteiger partial charge in [0.05, 0.1) is 0 Å². The summed E-state index contributed by atoms with van der Waals surface area (Å²) in [6.45, 7) is 1.79. The number of hydrogen-bond donors (Lipinski definition) is 1. The largest absolute Gasteiger partial charge is 0.480 e. The Morgan fingerprint density at radius 1 is 1.00 bits per heavy atom. The SMILES string of the molecule is O=C(O)C(c1ccccc1)N1CCCCCCC1. The topological polar surface area (TPSA) is 40.5 Å². The van der Waals surface area contributed by atoms with E-state index >= 15 is 0 Å². The first-order valence-electron chi connectivity index (χ1n) is 6.81. The first kappa shape index (κ1) is 13.1. The van der Waals surface area contributed by atoms with Crippen LogP contribution in [0.2, 0.25) is 0 Å². The number of carboxylic acids is 1. The number of rotatable bonds is 3. The fourth-order valence-corrected chi connectivity index (χ4v) is 2.68. The second kappa shape index (κ2) is 6.55. The summed E-state index contributed by atoms with van der Waals surface area (Å²) in [5.74, 6) is -0.734. The van der Waals surface area contributed by atoms with Crippen molar-refractivity contribution in [2.24, 2.45) is 0 Å². The molecule has 1 aromatic rings. The number of benzene rings is 1. The molecule has 1 heterocycles. The molecule has 0 bridgehead atoms.